The molecule has 0 spiro atoms. The Morgan fingerprint density at radius 3 is 2.21 bits per heavy atom. The highest BCUT2D eigenvalue weighted by atomic mass is 16.6. The first-order valence-electron chi connectivity index (χ1n) is 8.06. The number of alkyl carbamates (subject to hydrolysis) is 1. The molecular weight excluding hydrogens is 316 g/mol. The van der Waals surface area contributed by atoms with E-state index in [-0.39, 0.29) is 12.5 Å². The van der Waals surface area contributed by atoms with Gasteiger partial charge in [-0.15, -0.1) is 0 Å². The lowest BCUT2D eigenvalue weighted by molar-refractivity contribution is -0.156. The summed E-state index contributed by atoms with van der Waals surface area (Å²) in [6, 6.07) is -0.647. The van der Waals surface area contributed by atoms with Crippen LogP contribution in [0.15, 0.2) is 0 Å². The standard InChI is InChI=1S/C16H28N2O6/c1-6-16(2,3)24-15(21)18-12-9(8-17)7-10(13(19)22-4)11(12)14(20)23-5/h9-12H,6-8,17H2,1-5H3,(H,18,21). The van der Waals surface area contributed by atoms with Crippen LogP contribution in [0.2, 0.25) is 0 Å². The highest BCUT2D eigenvalue weighted by Crippen LogP contribution is 2.38. The van der Waals surface area contributed by atoms with Crippen molar-refractivity contribution in [1.82, 2.24) is 5.32 Å². The molecule has 1 rings (SSSR count). The van der Waals surface area contributed by atoms with Gasteiger partial charge in [-0.3, -0.25) is 9.59 Å². The van der Waals surface area contributed by atoms with E-state index >= 15 is 0 Å². The minimum absolute atomic E-state index is 0.211. The van der Waals surface area contributed by atoms with Crippen LogP contribution >= 0.6 is 0 Å². The molecule has 0 bridgehead atoms. The summed E-state index contributed by atoms with van der Waals surface area (Å²) in [6.07, 6.45) is 0.325. The Bertz CT molecular complexity index is 479. The number of nitrogens with two attached hydrogens (primary N) is 1. The van der Waals surface area contributed by atoms with Crippen molar-refractivity contribution in [2.45, 2.75) is 45.3 Å². The number of nitrogens with one attached hydrogen (secondary N) is 1. The van der Waals surface area contributed by atoms with Gasteiger partial charge >= 0.3 is 18.0 Å². The number of carbonyl (C=O) groups is 3. The lowest BCUT2D eigenvalue weighted by Gasteiger charge is -2.28. The van der Waals surface area contributed by atoms with Gasteiger partial charge in [0.2, 0.25) is 0 Å². The molecule has 1 aliphatic rings. The minimum atomic E-state index is -0.853. The molecule has 0 saturated heterocycles. The Kier molecular flexibility index (Phi) is 7.01. The van der Waals surface area contributed by atoms with E-state index in [9.17, 15) is 14.4 Å². The van der Waals surface area contributed by atoms with Crippen molar-refractivity contribution in [3.8, 4) is 0 Å². The van der Waals surface area contributed by atoms with Gasteiger partial charge in [0.1, 0.15) is 5.60 Å². The van der Waals surface area contributed by atoms with Crippen molar-refractivity contribution in [3.05, 3.63) is 0 Å². The van der Waals surface area contributed by atoms with E-state index in [1.807, 2.05) is 6.92 Å². The van der Waals surface area contributed by atoms with E-state index in [1.165, 1.54) is 14.2 Å². The summed E-state index contributed by atoms with van der Waals surface area (Å²) in [6.45, 7) is 5.69. The van der Waals surface area contributed by atoms with Gasteiger partial charge in [0.05, 0.1) is 32.1 Å². The second kappa shape index (κ2) is 8.32. The zero-order valence-corrected chi connectivity index (χ0v) is 15.0. The number of hydrogen-bond acceptors (Lipinski definition) is 7. The maximum atomic E-state index is 12.2. The average molecular weight is 344 g/mol. The van der Waals surface area contributed by atoms with Crippen molar-refractivity contribution < 1.29 is 28.6 Å². The summed E-state index contributed by atoms with van der Waals surface area (Å²) in [7, 11) is 2.49. The van der Waals surface area contributed by atoms with Gasteiger partial charge in [0.25, 0.3) is 0 Å². The Balaban J connectivity index is 2.99. The zero-order valence-electron chi connectivity index (χ0n) is 15.0. The van der Waals surface area contributed by atoms with Crippen LogP contribution in [-0.4, -0.2) is 50.4 Å². The molecule has 8 nitrogen and oxygen atoms in total. The third-order valence-electron chi connectivity index (χ3n) is 4.67. The molecule has 4 atom stereocenters. The fraction of sp³-hybridized carbons (Fsp3) is 0.812. The first-order valence-corrected chi connectivity index (χ1v) is 8.06. The second-order valence-electron chi connectivity index (χ2n) is 6.58. The number of methoxy groups -OCH3 is 2. The van der Waals surface area contributed by atoms with Gasteiger partial charge in [-0.05, 0) is 39.2 Å². The molecule has 0 aliphatic heterocycles. The van der Waals surface area contributed by atoms with Gasteiger partial charge in [-0.2, -0.15) is 0 Å². The average Bonchev–Trinajstić information content (AvgIpc) is 2.91. The van der Waals surface area contributed by atoms with Crippen molar-refractivity contribution >= 4 is 18.0 Å². The molecule has 3 N–H and O–H groups in total. The van der Waals surface area contributed by atoms with Gasteiger partial charge in [-0.25, -0.2) is 4.79 Å². The fourth-order valence-corrected chi connectivity index (χ4v) is 2.94. The topological polar surface area (TPSA) is 117 Å². The van der Waals surface area contributed by atoms with E-state index in [0.717, 1.165) is 0 Å². The number of rotatable bonds is 6. The molecule has 0 aromatic heterocycles. The third-order valence-corrected chi connectivity index (χ3v) is 4.67. The molecule has 1 aliphatic carbocycles. The summed E-state index contributed by atoms with van der Waals surface area (Å²) in [4.78, 5) is 36.4. The van der Waals surface area contributed by atoms with Crippen LogP contribution in [0.4, 0.5) is 4.79 Å². The van der Waals surface area contributed by atoms with Gasteiger partial charge in [0, 0.05) is 0 Å². The largest absolute Gasteiger partial charge is 0.469 e. The van der Waals surface area contributed by atoms with Gasteiger partial charge in [0.15, 0.2) is 0 Å². The van der Waals surface area contributed by atoms with Crippen molar-refractivity contribution in [2.24, 2.45) is 23.5 Å². The highest BCUT2D eigenvalue weighted by molar-refractivity contribution is 5.84. The molecule has 8 heteroatoms. The van der Waals surface area contributed by atoms with Crippen LogP contribution in [-0.2, 0) is 23.8 Å². The maximum absolute atomic E-state index is 12.2. The molecular formula is C16H28N2O6. The molecule has 1 fully saturated rings. The fourth-order valence-electron chi connectivity index (χ4n) is 2.94. The van der Waals surface area contributed by atoms with Gasteiger partial charge in [-0.1, -0.05) is 6.92 Å². The summed E-state index contributed by atoms with van der Waals surface area (Å²) >= 11 is 0. The predicted molar refractivity (Wildman–Crippen MR) is 85.9 cm³/mol. The summed E-state index contributed by atoms with van der Waals surface area (Å²) < 4.78 is 14.9. The summed E-state index contributed by atoms with van der Waals surface area (Å²) in [5, 5.41) is 2.69. The monoisotopic (exact) mass is 344 g/mol. The van der Waals surface area contributed by atoms with Crippen molar-refractivity contribution in [2.75, 3.05) is 20.8 Å². The zero-order chi connectivity index (χ0) is 18.5. The molecule has 1 amide bonds. The smallest absolute Gasteiger partial charge is 0.407 e. The van der Waals surface area contributed by atoms with E-state index in [0.29, 0.717) is 12.8 Å². The first-order chi connectivity index (χ1) is 11.2. The maximum Gasteiger partial charge on any atom is 0.407 e. The third kappa shape index (κ3) is 4.59. The number of ether oxygens (including phenoxy) is 3. The SMILES string of the molecule is CCC(C)(C)OC(=O)NC1C(CN)CC(C(=O)OC)C1C(=O)OC. The molecule has 24 heavy (non-hydrogen) atoms. The van der Waals surface area contributed by atoms with Crippen LogP contribution < -0.4 is 11.1 Å². The van der Waals surface area contributed by atoms with Crippen LogP contribution in [0.1, 0.15) is 33.6 Å². The number of amides is 1. The van der Waals surface area contributed by atoms with Gasteiger partial charge < -0.3 is 25.3 Å². The number of hydrogen-bond donors (Lipinski definition) is 2. The lowest BCUT2D eigenvalue weighted by Crippen LogP contribution is -2.49. The number of carbonyl (C=O) groups excluding carboxylic acids is 3. The van der Waals surface area contributed by atoms with E-state index in [2.05, 4.69) is 5.32 Å². The van der Waals surface area contributed by atoms with Crippen molar-refractivity contribution in [3.63, 3.8) is 0 Å². The minimum Gasteiger partial charge on any atom is -0.469 e. The predicted octanol–water partition coefficient (Wildman–Crippen LogP) is 0.827. The summed E-state index contributed by atoms with van der Waals surface area (Å²) in [5.41, 5.74) is 5.13. The van der Waals surface area contributed by atoms with E-state index in [1.54, 1.807) is 13.8 Å². The van der Waals surface area contributed by atoms with E-state index < -0.39 is 41.5 Å². The second-order valence-corrected chi connectivity index (χ2v) is 6.58. The van der Waals surface area contributed by atoms with Crippen molar-refractivity contribution in [1.29, 1.82) is 0 Å². The Labute approximate surface area is 142 Å². The van der Waals surface area contributed by atoms with Crippen LogP contribution in [0.25, 0.3) is 0 Å². The summed E-state index contributed by atoms with van der Waals surface area (Å²) in [5.74, 6) is -2.92. The first kappa shape index (κ1) is 20.2. The quantitative estimate of drug-likeness (QED) is 0.541. The molecule has 0 heterocycles. The molecule has 138 valence electrons. The van der Waals surface area contributed by atoms with Crippen LogP contribution in [0, 0.1) is 17.8 Å². The van der Waals surface area contributed by atoms with Crippen LogP contribution in [0.3, 0.4) is 0 Å². The normalized spacial score (nSPS) is 26.6. The Morgan fingerprint density at radius 1 is 1.17 bits per heavy atom. The lowest BCUT2D eigenvalue weighted by atomic mass is 9.93. The van der Waals surface area contributed by atoms with Crippen LogP contribution in [0.5, 0.6) is 0 Å². The Hall–Kier alpha value is -1.83. The molecule has 4 unspecified atom stereocenters. The Morgan fingerprint density at radius 2 is 1.75 bits per heavy atom. The number of esters is 2. The highest BCUT2D eigenvalue weighted by Gasteiger charge is 2.51. The molecule has 1 saturated carbocycles. The molecule has 0 aromatic rings. The van der Waals surface area contributed by atoms with E-state index in [4.69, 9.17) is 19.9 Å². The molecule has 0 radical (unpaired) electrons. The molecule has 0 aromatic carbocycles.